The van der Waals surface area contributed by atoms with E-state index in [0.717, 1.165) is 17.5 Å². The summed E-state index contributed by atoms with van der Waals surface area (Å²) in [7, 11) is -3.52. The van der Waals surface area contributed by atoms with Gasteiger partial charge >= 0.3 is 0 Å². The van der Waals surface area contributed by atoms with E-state index < -0.39 is 10.0 Å². The Morgan fingerprint density at radius 2 is 2.00 bits per heavy atom. The van der Waals surface area contributed by atoms with Crippen LogP contribution in [0.5, 0.6) is 0 Å². The van der Waals surface area contributed by atoms with E-state index in [9.17, 15) is 13.5 Å². The molecular weight excluding hydrogens is 274 g/mol. The molecule has 1 aliphatic rings. The Kier molecular flexibility index (Phi) is 4.52. The highest BCUT2D eigenvalue weighted by molar-refractivity contribution is 7.89. The topological polar surface area (TPSA) is 66.4 Å². The first-order chi connectivity index (χ1) is 9.33. The second-order valence-electron chi connectivity index (χ2n) is 5.90. The van der Waals surface area contributed by atoms with Gasteiger partial charge in [0.05, 0.1) is 11.5 Å². The lowest BCUT2D eigenvalue weighted by atomic mass is 10.1. The zero-order chi connectivity index (χ0) is 14.9. The summed E-state index contributed by atoms with van der Waals surface area (Å²) in [5.41, 5.74) is 2.25. The fraction of sp³-hybridized carbons (Fsp3) is 0.600. The van der Waals surface area contributed by atoms with Crippen molar-refractivity contribution in [3.05, 3.63) is 28.8 Å². The maximum atomic E-state index is 12.5. The Morgan fingerprint density at radius 3 is 2.55 bits per heavy atom. The zero-order valence-electron chi connectivity index (χ0n) is 12.3. The van der Waals surface area contributed by atoms with Gasteiger partial charge in [-0.25, -0.2) is 13.1 Å². The first-order valence-electron chi connectivity index (χ1n) is 7.07. The summed E-state index contributed by atoms with van der Waals surface area (Å²) >= 11 is 0. The Morgan fingerprint density at radius 1 is 1.35 bits per heavy atom. The molecule has 1 fully saturated rings. The van der Waals surface area contributed by atoms with Gasteiger partial charge in [-0.15, -0.1) is 0 Å². The summed E-state index contributed by atoms with van der Waals surface area (Å²) in [6.07, 6.45) is 3.32. The maximum absolute atomic E-state index is 12.5. The zero-order valence-corrected chi connectivity index (χ0v) is 13.1. The summed E-state index contributed by atoms with van der Waals surface area (Å²) < 4.78 is 27.7. The van der Waals surface area contributed by atoms with E-state index in [1.54, 1.807) is 13.0 Å². The second-order valence-corrected chi connectivity index (χ2v) is 7.58. The van der Waals surface area contributed by atoms with E-state index in [4.69, 9.17) is 0 Å². The predicted molar refractivity (Wildman–Crippen MR) is 79.0 cm³/mol. The molecule has 1 saturated carbocycles. The van der Waals surface area contributed by atoms with Crippen LogP contribution in [-0.4, -0.2) is 19.6 Å². The molecule has 0 aromatic heterocycles. The summed E-state index contributed by atoms with van der Waals surface area (Å²) in [4.78, 5) is 0.282. The third-order valence-electron chi connectivity index (χ3n) is 3.89. The lowest BCUT2D eigenvalue weighted by Crippen LogP contribution is -2.33. The number of aryl methyl sites for hydroxylation is 1. The highest BCUT2D eigenvalue weighted by Crippen LogP contribution is 2.33. The highest BCUT2D eigenvalue weighted by Gasteiger charge is 2.27. The van der Waals surface area contributed by atoms with Crippen LogP contribution in [0.25, 0.3) is 0 Å². The van der Waals surface area contributed by atoms with Crippen molar-refractivity contribution < 1.29 is 13.5 Å². The van der Waals surface area contributed by atoms with Crippen molar-refractivity contribution in [2.24, 2.45) is 5.92 Å². The molecule has 1 aliphatic carbocycles. The van der Waals surface area contributed by atoms with E-state index in [1.807, 2.05) is 19.9 Å². The molecule has 0 bridgehead atoms. The molecule has 4 nitrogen and oxygen atoms in total. The van der Waals surface area contributed by atoms with Crippen LogP contribution in [0.2, 0.25) is 0 Å². The van der Waals surface area contributed by atoms with Crippen LogP contribution in [-0.2, 0) is 16.6 Å². The molecule has 2 rings (SSSR count). The third-order valence-corrected chi connectivity index (χ3v) is 5.61. The minimum atomic E-state index is -3.52. The normalized spacial score (nSPS) is 17.2. The van der Waals surface area contributed by atoms with Gasteiger partial charge in [0.1, 0.15) is 0 Å². The molecule has 0 radical (unpaired) electrons. The minimum absolute atomic E-state index is 0.0509. The second kappa shape index (κ2) is 5.84. The fourth-order valence-corrected chi connectivity index (χ4v) is 4.12. The van der Waals surface area contributed by atoms with Crippen LogP contribution >= 0.6 is 0 Å². The van der Waals surface area contributed by atoms with Crippen LogP contribution in [0.3, 0.4) is 0 Å². The van der Waals surface area contributed by atoms with Crippen LogP contribution in [0.1, 0.15) is 42.9 Å². The van der Waals surface area contributed by atoms with Crippen molar-refractivity contribution in [2.45, 2.75) is 57.6 Å². The summed E-state index contributed by atoms with van der Waals surface area (Å²) in [6.45, 7) is 5.42. The molecule has 1 unspecified atom stereocenters. The van der Waals surface area contributed by atoms with Crippen molar-refractivity contribution in [1.82, 2.24) is 4.72 Å². The van der Waals surface area contributed by atoms with Crippen molar-refractivity contribution in [3.8, 4) is 0 Å². The summed E-state index contributed by atoms with van der Waals surface area (Å²) in [6, 6.07) is 3.33. The molecule has 0 amide bonds. The average molecular weight is 297 g/mol. The smallest absolute Gasteiger partial charge is 0.241 e. The largest absolute Gasteiger partial charge is 0.392 e. The van der Waals surface area contributed by atoms with Gasteiger partial charge in [0.15, 0.2) is 0 Å². The van der Waals surface area contributed by atoms with E-state index in [1.165, 1.54) is 12.8 Å². The number of rotatable bonds is 6. The number of hydrogen-bond donors (Lipinski definition) is 2. The Labute approximate surface area is 121 Å². The highest BCUT2D eigenvalue weighted by atomic mass is 32.2. The van der Waals surface area contributed by atoms with Crippen molar-refractivity contribution in [3.63, 3.8) is 0 Å². The fourth-order valence-electron chi connectivity index (χ4n) is 2.50. The Bertz CT molecular complexity index is 591. The van der Waals surface area contributed by atoms with Crippen molar-refractivity contribution >= 4 is 10.0 Å². The molecule has 20 heavy (non-hydrogen) atoms. The molecule has 1 atom stereocenters. The molecule has 1 aromatic rings. The van der Waals surface area contributed by atoms with E-state index in [-0.39, 0.29) is 17.5 Å². The standard InChI is InChI=1S/C15H23NO3S/c1-10-6-14(9-17)8-15(12(10)3)20(18,19)16-11(2)7-13-4-5-13/h6,8,11,13,16-17H,4-5,7,9H2,1-3H3. The van der Waals surface area contributed by atoms with Gasteiger partial charge in [0.2, 0.25) is 10.0 Å². The van der Waals surface area contributed by atoms with E-state index in [0.29, 0.717) is 11.5 Å². The SMILES string of the molecule is Cc1cc(CO)cc(S(=O)(=O)NC(C)CC2CC2)c1C. The lowest BCUT2D eigenvalue weighted by molar-refractivity contribution is 0.281. The van der Waals surface area contributed by atoms with Crippen LogP contribution < -0.4 is 4.72 Å². The molecule has 0 aliphatic heterocycles. The molecular formula is C15H23NO3S. The third kappa shape index (κ3) is 3.59. The quantitative estimate of drug-likeness (QED) is 0.846. The van der Waals surface area contributed by atoms with Gasteiger partial charge in [-0.3, -0.25) is 0 Å². The lowest BCUT2D eigenvalue weighted by Gasteiger charge is -2.17. The van der Waals surface area contributed by atoms with Gasteiger partial charge in [0.25, 0.3) is 0 Å². The average Bonchev–Trinajstić information content (AvgIpc) is 3.15. The van der Waals surface area contributed by atoms with Crippen molar-refractivity contribution in [1.29, 1.82) is 0 Å². The van der Waals surface area contributed by atoms with E-state index >= 15 is 0 Å². The first kappa shape index (κ1) is 15.5. The Hall–Kier alpha value is -0.910. The molecule has 0 saturated heterocycles. The summed E-state index contributed by atoms with van der Waals surface area (Å²) in [5, 5.41) is 9.24. The molecule has 112 valence electrons. The maximum Gasteiger partial charge on any atom is 0.241 e. The number of sulfonamides is 1. The molecule has 0 heterocycles. The molecule has 5 heteroatoms. The van der Waals surface area contributed by atoms with Gasteiger partial charge < -0.3 is 5.11 Å². The number of aliphatic hydroxyl groups excluding tert-OH is 1. The monoisotopic (exact) mass is 297 g/mol. The van der Waals surface area contributed by atoms with Crippen LogP contribution in [0.15, 0.2) is 17.0 Å². The van der Waals surface area contributed by atoms with Crippen molar-refractivity contribution in [2.75, 3.05) is 0 Å². The van der Waals surface area contributed by atoms with Gasteiger partial charge in [-0.1, -0.05) is 18.9 Å². The van der Waals surface area contributed by atoms with Gasteiger partial charge in [0, 0.05) is 6.04 Å². The minimum Gasteiger partial charge on any atom is -0.392 e. The van der Waals surface area contributed by atoms with E-state index in [2.05, 4.69) is 4.72 Å². The number of nitrogens with one attached hydrogen (secondary N) is 1. The summed E-state index contributed by atoms with van der Waals surface area (Å²) in [5.74, 6) is 0.680. The molecule has 2 N–H and O–H groups in total. The van der Waals surface area contributed by atoms with Gasteiger partial charge in [-0.05, 0) is 55.9 Å². The molecule has 0 spiro atoms. The number of benzene rings is 1. The Balaban J connectivity index is 2.25. The van der Waals surface area contributed by atoms with Crippen LogP contribution in [0.4, 0.5) is 0 Å². The van der Waals surface area contributed by atoms with Crippen LogP contribution in [0, 0.1) is 19.8 Å². The number of hydrogen-bond acceptors (Lipinski definition) is 3. The first-order valence-corrected chi connectivity index (χ1v) is 8.55. The molecule has 1 aromatic carbocycles. The van der Waals surface area contributed by atoms with Gasteiger partial charge in [-0.2, -0.15) is 0 Å². The number of aliphatic hydroxyl groups is 1. The predicted octanol–water partition coefficient (Wildman–Crippen LogP) is 2.26.